The van der Waals surface area contributed by atoms with Gasteiger partial charge in [-0.3, -0.25) is 14.6 Å². The standard InChI is InChI=1S/C19H20N6O2/c1-20-19(27)15-11-23-25-16(5-8-22-18(15)25)13-6-9-24(12-13)17(26)10-14-4-2-3-7-21-14/h2-5,7-8,11,13H,6,9-10,12H2,1H3,(H,20,27)/t13-/m1/s1. The Morgan fingerprint density at radius 3 is 2.89 bits per heavy atom. The number of amides is 2. The van der Waals surface area contributed by atoms with Crippen LogP contribution in [0, 0.1) is 0 Å². The lowest BCUT2D eigenvalue weighted by Gasteiger charge is -2.17. The average molecular weight is 364 g/mol. The first kappa shape index (κ1) is 17.1. The van der Waals surface area contributed by atoms with Crippen LogP contribution in [0.25, 0.3) is 5.65 Å². The summed E-state index contributed by atoms with van der Waals surface area (Å²) in [6.45, 7) is 1.32. The van der Waals surface area contributed by atoms with Gasteiger partial charge in [-0.2, -0.15) is 5.10 Å². The third-order valence-electron chi connectivity index (χ3n) is 4.92. The molecule has 0 spiro atoms. The molecule has 3 aromatic rings. The van der Waals surface area contributed by atoms with E-state index in [0.29, 0.717) is 30.7 Å². The first-order valence-corrected chi connectivity index (χ1v) is 8.89. The van der Waals surface area contributed by atoms with Crippen molar-refractivity contribution in [1.82, 2.24) is 29.8 Å². The fraction of sp³-hybridized carbons (Fsp3) is 0.316. The topological polar surface area (TPSA) is 92.5 Å². The number of nitrogens with zero attached hydrogens (tertiary/aromatic N) is 5. The van der Waals surface area contributed by atoms with E-state index in [2.05, 4.69) is 20.4 Å². The largest absolute Gasteiger partial charge is 0.355 e. The lowest BCUT2D eigenvalue weighted by Crippen LogP contribution is -2.30. The number of fused-ring (bicyclic) bond motifs is 1. The van der Waals surface area contributed by atoms with Gasteiger partial charge in [-0.15, -0.1) is 0 Å². The monoisotopic (exact) mass is 364 g/mol. The van der Waals surface area contributed by atoms with Crippen molar-refractivity contribution in [3.05, 3.63) is 59.8 Å². The normalized spacial score (nSPS) is 16.6. The van der Waals surface area contributed by atoms with Crippen LogP contribution >= 0.6 is 0 Å². The predicted octanol–water partition coefficient (Wildman–Crippen LogP) is 1.04. The van der Waals surface area contributed by atoms with Crippen molar-refractivity contribution in [2.45, 2.75) is 18.8 Å². The first-order chi connectivity index (χ1) is 13.2. The van der Waals surface area contributed by atoms with Crippen LogP contribution in [0.5, 0.6) is 0 Å². The molecule has 0 bridgehead atoms. The molecule has 0 aliphatic carbocycles. The number of hydrogen-bond acceptors (Lipinski definition) is 5. The number of nitrogens with one attached hydrogen (secondary N) is 1. The van der Waals surface area contributed by atoms with Gasteiger partial charge in [-0.05, 0) is 24.6 Å². The lowest BCUT2D eigenvalue weighted by atomic mass is 10.0. The van der Waals surface area contributed by atoms with Gasteiger partial charge in [0, 0.05) is 44.1 Å². The molecule has 1 N–H and O–H groups in total. The van der Waals surface area contributed by atoms with Crippen molar-refractivity contribution in [1.29, 1.82) is 0 Å². The van der Waals surface area contributed by atoms with Gasteiger partial charge < -0.3 is 10.2 Å². The number of aromatic nitrogens is 4. The maximum atomic E-state index is 12.6. The van der Waals surface area contributed by atoms with E-state index < -0.39 is 0 Å². The summed E-state index contributed by atoms with van der Waals surface area (Å²) in [6, 6.07) is 7.50. The molecule has 1 aliphatic heterocycles. The van der Waals surface area contributed by atoms with Crippen molar-refractivity contribution >= 4 is 17.5 Å². The number of carbonyl (C=O) groups excluding carboxylic acids is 2. The molecule has 4 rings (SSSR count). The van der Waals surface area contributed by atoms with E-state index in [1.807, 2.05) is 29.2 Å². The van der Waals surface area contributed by atoms with E-state index in [9.17, 15) is 9.59 Å². The van der Waals surface area contributed by atoms with E-state index in [-0.39, 0.29) is 17.7 Å². The number of pyridine rings is 1. The zero-order valence-electron chi connectivity index (χ0n) is 15.0. The zero-order chi connectivity index (χ0) is 18.8. The summed E-state index contributed by atoms with van der Waals surface area (Å²) in [5, 5.41) is 6.95. The Kier molecular flexibility index (Phi) is 4.53. The molecule has 1 aliphatic rings. The van der Waals surface area contributed by atoms with Crippen molar-refractivity contribution in [2.75, 3.05) is 20.1 Å². The minimum absolute atomic E-state index is 0.0769. The quantitative estimate of drug-likeness (QED) is 0.747. The second-order valence-electron chi connectivity index (χ2n) is 6.57. The Bertz CT molecular complexity index is 984. The molecular formula is C19H20N6O2. The van der Waals surface area contributed by atoms with Gasteiger partial charge in [0.05, 0.1) is 18.3 Å². The van der Waals surface area contributed by atoms with E-state index in [1.165, 1.54) is 6.20 Å². The molecule has 27 heavy (non-hydrogen) atoms. The lowest BCUT2D eigenvalue weighted by molar-refractivity contribution is -0.129. The van der Waals surface area contributed by atoms with Crippen molar-refractivity contribution in [3.63, 3.8) is 0 Å². The van der Waals surface area contributed by atoms with Crippen LogP contribution in [-0.2, 0) is 11.2 Å². The maximum absolute atomic E-state index is 12.6. The van der Waals surface area contributed by atoms with Gasteiger partial charge >= 0.3 is 0 Å². The Balaban J connectivity index is 1.53. The third-order valence-corrected chi connectivity index (χ3v) is 4.92. The van der Waals surface area contributed by atoms with Crippen LogP contribution in [0.3, 0.4) is 0 Å². The predicted molar refractivity (Wildman–Crippen MR) is 98.3 cm³/mol. The molecule has 3 aromatic heterocycles. The summed E-state index contributed by atoms with van der Waals surface area (Å²) in [4.78, 5) is 35.0. The summed E-state index contributed by atoms with van der Waals surface area (Å²) in [5.74, 6) is 0.0156. The molecule has 1 saturated heterocycles. The van der Waals surface area contributed by atoms with Gasteiger partial charge in [0.2, 0.25) is 5.91 Å². The van der Waals surface area contributed by atoms with Crippen LogP contribution < -0.4 is 5.32 Å². The molecule has 0 unspecified atom stereocenters. The Labute approximate surface area is 156 Å². The van der Waals surface area contributed by atoms with Crippen LogP contribution in [0.4, 0.5) is 0 Å². The highest BCUT2D eigenvalue weighted by atomic mass is 16.2. The van der Waals surface area contributed by atoms with Crippen molar-refractivity contribution in [2.24, 2.45) is 0 Å². The van der Waals surface area contributed by atoms with Crippen LogP contribution in [-0.4, -0.2) is 56.4 Å². The molecule has 8 heteroatoms. The van der Waals surface area contributed by atoms with E-state index in [4.69, 9.17) is 0 Å². The average Bonchev–Trinajstić information content (AvgIpc) is 3.35. The van der Waals surface area contributed by atoms with Gasteiger partial charge in [0.25, 0.3) is 5.91 Å². The second kappa shape index (κ2) is 7.14. The summed E-state index contributed by atoms with van der Waals surface area (Å²) in [6.07, 6.45) is 6.08. The Hall–Kier alpha value is -3.29. The van der Waals surface area contributed by atoms with Crippen molar-refractivity contribution in [3.8, 4) is 0 Å². The molecule has 0 saturated carbocycles. The second-order valence-corrected chi connectivity index (χ2v) is 6.57. The van der Waals surface area contributed by atoms with Gasteiger partial charge in [0.15, 0.2) is 5.65 Å². The number of hydrogen-bond donors (Lipinski definition) is 1. The van der Waals surface area contributed by atoms with Gasteiger partial charge in [-0.1, -0.05) is 6.07 Å². The Morgan fingerprint density at radius 1 is 1.22 bits per heavy atom. The number of rotatable bonds is 4. The molecule has 1 atom stereocenters. The number of carbonyl (C=O) groups is 2. The molecule has 4 heterocycles. The Morgan fingerprint density at radius 2 is 2.11 bits per heavy atom. The van der Waals surface area contributed by atoms with Crippen LogP contribution in [0.1, 0.15) is 34.1 Å². The highest BCUT2D eigenvalue weighted by Gasteiger charge is 2.29. The number of likely N-dealkylation sites (tertiary alicyclic amines) is 1. The molecule has 2 amide bonds. The molecule has 0 radical (unpaired) electrons. The molecule has 0 aromatic carbocycles. The van der Waals surface area contributed by atoms with Gasteiger partial charge in [-0.25, -0.2) is 9.50 Å². The molecule has 138 valence electrons. The first-order valence-electron chi connectivity index (χ1n) is 8.89. The summed E-state index contributed by atoms with van der Waals surface area (Å²) in [5.41, 5.74) is 2.72. The van der Waals surface area contributed by atoms with Crippen LogP contribution in [0.2, 0.25) is 0 Å². The molecule has 1 fully saturated rings. The fourth-order valence-electron chi connectivity index (χ4n) is 3.51. The van der Waals surface area contributed by atoms with Crippen LogP contribution in [0.15, 0.2) is 42.9 Å². The van der Waals surface area contributed by atoms with E-state index in [1.54, 1.807) is 24.0 Å². The molecular weight excluding hydrogens is 344 g/mol. The minimum atomic E-state index is -0.215. The smallest absolute Gasteiger partial charge is 0.256 e. The minimum Gasteiger partial charge on any atom is -0.355 e. The summed E-state index contributed by atoms with van der Waals surface area (Å²) in [7, 11) is 1.58. The highest BCUT2D eigenvalue weighted by Crippen LogP contribution is 2.28. The SMILES string of the molecule is CNC(=O)c1cnn2c([C@@H]3CCN(C(=O)Cc4ccccn4)C3)ccnc12. The maximum Gasteiger partial charge on any atom is 0.256 e. The summed E-state index contributed by atoms with van der Waals surface area (Å²) >= 11 is 0. The molecule has 8 nitrogen and oxygen atoms in total. The van der Waals surface area contributed by atoms with E-state index in [0.717, 1.165) is 17.8 Å². The third kappa shape index (κ3) is 3.25. The summed E-state index contributed by atoms with van der Waals surface area (Å²) < 4.78 is 1.71. The highest BCUT2D eigenvalue weighted by molar-refractivity contribution is 5.99. The van der Waals surface area contributed by atoms with Gasteiger partial charge in [0.1, 0.15) is 5.56 Å². The van der Waals surface area contributed by atoms with E-state index >= 15 is 0 Å². The fourth-order valence-corrected chi connectivity index (χ4v) is 3.51. The van der Waals surface area contributed by atoms with Crippen molar-refractivity contribution < 1.29 is 9.59 Å². The zero-order valence-corrected chi connectivity index (χ0v) is 15.0.